The standard InChI is InChI=1S/C15H22ClN3/c1-3-19(4-2)10-6-5-9-18-15-11-14(16)8-7-13(15)12-17/h7-8,11,18H,3-6,9-10H2,1-2H3. The third-order valence-electron chi connectivity index (χ3n) is 3.21. The number of nitriles is 1. The van der Waals surface area contributed by atoms with Crippen molar-refractivity contribution in [1.29, 1.82) is 5.26 Å². The van der Waals surface area contributed by atoms with Gasteiger partial charge in [-0.15, -0.1) is 0 Å². The van der Waals surface area contributed by atoms with E-state index in [2.05, 4.69) is 30.1 Å². The van der Waals surface area contributed by atoms with Crippen molar-refractivity contribution in [2.75, 3.05) is 31.5 Å². The molecule has 0 bridgehead atoms. The molecule has 0 radical (unpaired) electrons. The summed E-state index contributed by atoms with van der Waals surface area (Å²) < 4.78 is 0. The zero-order valence-electron chi connectivity index (χ0n) is 11.7. The summed E-state index contributed by atoms with van der Waals surface area (Å²) in [6, 6.07) is 7.47. The van der Waals surface area contributed by atoms with E-state index in [0.717, 1.165) is 44.7 Å². The van der Waals surface area contributed by atoms with Gasteiger partial charge in [0, 0.05) is 11.6 Å². The lowest BCUT2D eigenvalue weighted by atomic mass is 10.2. The van der Waals surface area contributed by atoms with E-state index in [4.69, 9.17) is 16.9 Å². The molecule has 0 amide bonds. The lowest BCUT2D eigenvalue weighted by molar-refractivity contribution is 0.298. The maximum absolute atomic E-state index is 9.01. The smallest absolute Gasteiger partial charge is 0.101 e. The number of halogens is 1. The van der Waals surface area contributed by atoms with Crippen LogP contribution in [-0.2, 0) is 0 Å². The first-order chi connectivity index (χ1) is 9.21. The second-order valence-electron chi connectivity index (χ2n) is 4.46. The van der Waals surface area contributed by atoms with E-state index >= 15 is 0 Å². The van der Waals surface area contributed by atoms with Crippen molar-refractivity contribution in [2.24, 2.45) is 0 Å². The van der Waals surface area contributed by atoms with Crippen molar-refractivity contribution in [3.05, 3.63) is 28.8 Å². The minimum absolute atomic E-state index is 0.646. The van der Waals surface area contributed by atoms with E-state index in [1.807, 2.05) is 6.07 Å². The van der Waals surface area contributed by atoms with Gasteiger partial charge in [-0.2, -0.15) is 5.26 Å². The van der Waals surface area contributed by atoms with Gasteiger partial charge in [0.05, 0.1) is 11.3 Å². The molecule has 0 aliphatic carbocycles. The molecule has 1 N–H and O–H groups in total. The van der Waals surface area contributed by atoms with Crippen molar-refractivity contribution in [3.8, 4) is 6.07 Å². The molecule has 0 unspecified atom stereocenters. The normalized spacial score (nSPS) is 10.5. The number of nitrogens with zero attached hydrogens (tertiary/aromatic N) is 2. The number of nitrogens with one attached hydrogen (secondary N) is 1. The van der Waals surface area contributed by atoms with Gasteiger partial charge in [-0.25, -0.2) is 0 Å². The molecule has 1 aromatic carbocycles. The zero-order chi connectivity index (χ0) is 14.1. The third kappa shape index (κ3) is 5.50. The lowest BCUT2D eigenvalue weighted by Gasteiger charge is -2.17. The van der Waals surface area contributed by atoms with Crippen LogP contribution in [0.15, 0.2) is 18.2 Å². The summed E-state index contributed by atoms with van der Waals surface area (Å²) >= 11 is 5.94. The predicted molar refractivity (Wildman–Crippen MR) is 81.7 cm³/mol. The van der Waals surface area contributed by atoms with Crippen LogP contribution < -0.4 is 5.32 Å². The highest BCUT2D eigenvalue weighted by atomic mass is 35.5. The molecule has 0 aromatic heterocycles. The van der Waals surface area contributed by atoms with Crippen molar-refractivity contribution in [2.45, 2.75) is 26.7 Å². The van der Waals surface area contributed by atoms with Gasteiger partial charge in [-0.1, -0.05) is 25.4 Å². The Morgan fingerprint density at radius 1 is 1.26 bits per heavy atom. The lowest BCUT2D eigenvalue weighted by Crippen LogP contribution is -2.24. The van der Waals surface area contributed by atoms with Crippen molar-refractivity contribution in [1.82, 2.24) is 4.90 Å². The Kier molecular flexibility index (Phi) is 7.32. The zero-order valence-corrected chi connectivity index (χ0v) is 12.5. The highest BCUT2D eigenvalue weighted by molar-refractivity contribution is 6.30. The number of rotatable bonds is 8. The molecule has 0 spiro atoms. The molecule has 0 fully saturated rings. The van der Waals surface area contributed by atoms with E-state index in [0.29, 0.717) is 10.6 Å². The quantitative estimate of drug-likeness (QED) is 0.737. The fourth-order valence-electron chi connectivity index (χ4n) is 1.98. The summed E-state index contributed by atoms with van der Waals surface area (Å²) in [6.07, 6.45) is 2.25. The molecular formula is C15H22ClN3. The van der Waals surface area contributed by atoms with Gasteiger partial charge in [-0.05, 0) is 50.7 Å². The second-order valence-corrected chi connectivity index (χ2v) is 4.90. The highest BCUT2D eigenvalue weighted by Gasteiger charge is 2.02. The van der Waals surface area contributed by atoms with Gasteiger partial charge in [-0.3, -0.25) is 0 Å². The number of hydrogen-bond acceptors (Lipinski definition) is 3. The molecule has 0 atom stereocenters. The van der Waals surface area contributed by atoms with Gasteiger partial charge in [0.15, 0.2) is 0 Å². The highest BCUT2D eigenvalue weighted by Crippen LogP contribution is 2.20. The van der Waals surface area contributed by atoms with E-state index in [1.165, 1.54) is 0 Å². The van der Waals surface area contributed by atoms with Crippen LogP contribution in [0.4, 0.5) is 5.69 Å². The molecule has 0 aliphatic heterocycles. The molecule has 0 saturated carbocycles. The average Bonchev–Trinajstić information content (AvgIpc) is 2.43. The van der Waals surface area contributed by atoms with E-state index in [-0.39, 0.29) is 0 Å². The van der Waals surface area contributed by atoms with E-state index in [1.54, 1.807) is 12.1 Å². The Morgan fingerprint density at radius 3 is 2.63 bits per heavy atom. The first-order valence-electron chi connectivity index (χ1n) is 6.87. The fraction of sp³-hybridized carbons (Fsp3) is 0.533. The molecule has 19 heavy (non-hydrogen) atoms. The molecule has 0 aliphatic rings. The Bertz CT molecular complexity index is 422. The maximum atomic E-state index is 9.01. The van der Waals surface area contributed by atoms with Crippen LogP contribution in [0.3, 0.4) is 0 Å². The Morgan fingerprint density at radius 2 is 2.00 bits per heavy atom. The molecule has 4 heteroatoms. The van der Waals surface area contributed by atoms with Crippen LogP contribution in [0.2, 0.25) is 5.02 Å². The van der Waals surface area contributed by atoms with Gasteiger partial charge in [0.1, 0.15) is 6.07 Å². The predicted octanol–water partition coefficient (Wildman–Crippen LogP) is 3.75. The van der Waals surface area contributed by atoms with Crippen molar-refractivity contribution >= 4 is 17.3 Å². The number of unbranched alkanes of at least 4 members (excludes halogenated alkanes) is 1. The van der Waals surface area contributed by atoms with Gasteiger partial charge < -0.3 is 10.2 Å². The Labute approximate surface area is 121 Å². The minimum atomic E-state index is 0.646. The van der Waals surface area contributed by atoms with Crippen LogP contribution in [0, 0.1) is 11.3 Å². The van der Waals surface area contributed by atoms with Gasteiger partial charge in [0.25, 0.3) is 0 Å². The first kappa shape index (κ1) is 15.8. The third-order valence-corrected chi connectivity index (χ3v) is 3.45. The van der Waals surface area contributed by atoms with Crippen LogP contribution in [0.5, 0.6) is 0 Å². The van der Waals surface area contributed by atoms with Crippen LogP contribution in [0.1, 0.15) is 32.3 Å². The first-order valence-corrected chi connectivity index (χ1v) is 7.25. The molecule has 3 nitrogen and oxygen atoms in total. The minimum Gasteiger partial charge on any atom is -0.384 e. The number of hydrogen-bond donors (Lipinski definition) is 1. The molecular weight excluding hydrogens is 258 g/mol. The second kappa shape index (κ2) is 8.79. The SMILES string of the molecule is CCN(CC)CCCCNc1cc(Cl)ccc1C#N. The van der Waals surface area contributed by atoms with Crippen molar-refractivity contribution < 1.29 is 0 Å². The summed E-state index contributed by atoms with van der Waals surface area (Å²) in [4.78, 5) is 2.42. The van der Waals surface area contributed by atoms with Crippen LogP contribution in [0.25, 0.3) is 0 Å². The Hall–Kier alpha value is -1.24. The van der Waals surface area contributed by atoms with Crippen LogP contribution >= 0.6 is 11.6 Å². The molecule has 0 saturated heterocycles. The molecule has 1 aromatic rings. The van der Waals surface area contributed by atoms with Crippen LogP contribution in [-0.4, -0.2) is 31.1 Å². The van der Waals surface area contributed by atoms with E-state index < -0.39 is 0 Å². The molecule has 0 heterocycles. The van der Waals surface area contributed by atoms with Crippen molar-refractivity contribution in [3.63, 3.8) is 0 Å². The molecule has 104 valence electrons. The summed E-state index contributed by atoms with van der Waals surface area (Å²) in [5.41, 5.74) is 1.48. The summed E-state index contributed by atoms with van der Waals surface area (Å²) in [6.45, 7) is 8.60. The topological polar surface area (TPSA) is 39.1 Å². The Balaban J connectivity index is 2.34. The monoisotopic (exact) mass is 279 g/mol. The summed E-state index contributed by atoms with van der Waals surface area (Å²) in [7, 11) is 0. The summed E-state index contributed by atoms with van der Waals surface area (Å²) in [5.74, 6) is 0. The van der Waals surface area contributed by atoms with Gasteiger partial charge in [0.2, 0.25) is 0 Å². The van der Waals surface area contributed by atoms with Gasteiger partial charge >= 0.3 is 0 Å². The number of benzene rings is 1. The summed E-state index contributed by atoms with van der Waals surface area (Å²) in [5, 5.41) is 13.0. The molecule has 1 rings (SSSR count). The average molecular weight is 280 g/mol. The number of anilines is 1. The fourth-order valence-corrected chi connectivity index (χ4v) is 2.16. The maximum Gasteiger partial charge on any atom is 0.101 e. The van der Waals surface area contributed by atoms with E-state index in [9.17, 15) is 0 Å². The largest absolute Gasteiger partial charge is 0.384 e.